The number of halogens is 1. The van der Waals surface area contributed by atoms with Gasteiger partial charge in [0.25, 0.3) is 0 Å². The molecule has 0 spiro atoms. The second kappa shape index (κ2) is 12.5. The average Bonchev–Trinajstić information content (AvgIpc) is 2.86. The van der Waals surface area contributed by atoms with Crippen molar-refractivity contribution in [3.05, 3.63) is 65.0 Å². The van der Waals surface area contributed by atoms with Crippen LogP contribution in [0.5, 0.6) is 0 Å². The van der Waals surface area contributed by atoms with E-state index in [0.717, 1.165) is 30.9 Å². The molecule has 0 saturated carbocycles. The molecule has 2 fully saturated rings. The zero-order valence-electron chi connectivity index (χ0n) is 20.4. The van der Waals surface area contributed by atoms with Crippen LogP contribution >= 0.6 is 11.8 Å². The monoisotopic (exact) mass is 498 g/mol. The molecule has 0 bridgehead atoms. The van der Waals surface area contributed by atoms with Gasteiger partial charge < -0.3 is 10.6 Å². The Bertz CT molecular complexity index is 1020. The van der Waals surface area contributed by atoms with Crippen molar-refractivity contribution in [2.75, 3.05) is 49.5 Å². The molecule has 0 atom stereocenters. The van der Waals surface area contributed by atoms with Crippen molar-refractivity contribution < 1.29 is 14.0 Å². The molecule has 35 heavy (non-hydrogen) atoms. The molecule has 2 heterocycles. The maximum Gasteiger partial charge on any atom is 0.238 e. The van der Waals surface area contributed by atoms with Gasteiger partial charge in [-0.05, 0) is 67.7 Å². The summed E-state index contributed by atoms with van der Waals surface area (Å²) in [7, 11) is 0. The fraction of sp³-hybridized carbons (Fsp3) is 0.481. The fourth-order valence-electron chi connectivity index (χ4n) is 4.60. The number of aryl methyl sites for hydroxylation is 1. The normalized spacial score (nSPS) is 17.8. The van der Waals surface area contributed by atoms with Gasteiger partial charge >= 0.3 is 0 Å². The number of nitrogens with one attached hydrogen (secondary N) is 2. The van der Waals surface area contributed by atoms with Crippen LogP contribution in [-0.2, 0) is 22.7 Å². The molecular weight excluding hydrogens is 463 g/mol. The van der Waals surface area contributed by atoms with Gasteiger partial charge in [0.05, 0.1) is 6.54 Å². The van der Waals surface area contributed by atoms with E-state index in [1.807, 2.05) is 30.0 Å². The highest BCUT2D eigenvalue weighted by molar-refractivity contribution is 7.99. The molecule has 2 amide bonds. The quantitative estimate of drug-likeness (QED) is 0.582. The van der Waals surface area contributed by atoms with Crippen molar-refractivity contribution in [2.45, 2.75) is 32.9 Å². The molecule has 188 valence electrons. The van der Waals surface area contributed by atoms with Crippen LogP contribution in [-0.4, -0.2) is 65.8 Å². The van der Waals surface area contributed by atoms with Crippen molar-refractivity contribution in [1.82, 2.24) is 15.1 Å². The second-order valence-electron chi connectivity index (χ2n) is 9.49. The lowest BCUT2D eigenvalue weighted by Gasteiger charge is -2.30. The SMILES string of the molecule is Cc1ccc(CNC(=O)C2CCN(CC(=O)Nc3cccc(CN4CCSCC4)c3)CC2)cc1F. The van der Waals surface area contributed by atoms with E-state index in [2.05, 4.69) is 32.6 Å². The van der Waals surface area contributed by atoms with Gasteiger partial charge in [-0.15, -0.1) is 0 Å². The van der Waals surface area contributed by atoms with Gasteiger partial charge in [0.2, 0.25) is 11.8 Å². The molecule has 0 radical (unpaired) electrons. The third-order valence-electron chi connectivity index (χ3n) is 6.75. The topological polar surface area (TPSA) is 64.7 Å². The summed E-state index contributed by atoms with van der Waals surface area (Å²) in [5, 5.41) is 5.96. The summed E-state index contributed by atoms with van der Waals surface area (Å²) >= 11 is 2.00. The third-order valence-corrected chi connectivity index (χ3v) is 7.69. The second-order valence-corrected chi connectivity index (χ2v) is 10.7. The van der Waals surface area contributed by atoms with Crippen LogP contribution in [0, 0.1) is 18.7 Å². The first-order chi connectivity index (χ1) is 17.0. The fourth-order valence-corrected chi connectivity index (χ4v) is 5.58. The lowest BCUT2D eigenvalue weighted by atomic mass is 9.95. The molecule has 8 heteroatoms. The molecule has 2 aliphatic rings. The zero-order chi connectivity index (χ0) is 24.6. The van der Waals surface area contributed by atoms with Crippen LogP contribution in [0.1, 0.15) is 29.5 Å². The highest BCUT2D eigenvalue weighted by Crippen LogP contribution is 2.19. The predicted molar refractivity (Wildman–Crippen MR) is 140 cm³/mol. The van der Waals surface area contributed by atoms with Gasteiger partial charge in [-0.3, -0.25) is 19.4 Å². The van der Waals surface area contributed by atoms with Gasteiger partial charge in [-0.25, -0.2) is 4.39 Å². The van der Waals surface area contributed by atoms with Crippen LogP contribution < -0.4 is 10.6 Å². The zero-order valence-corrected chi connectivity index (χ0v) is 21.2. The molecule has 6 nitrogen and oxygen atoms in total. The minimum absolute atomic E-state index is 0.000742. The van der Waals surface area contributed by atoms with Gasteiger partial charge in [0.15, 0.2) is 0 Å². The Morgan fingerprint density at radius 2 is 1.77 bits per heavy atom. The Labute approximate surface area is 211 Å². The van der Waals surface area contributed by atoms with Crippen molar-refractivity contribution in [1.29, 1.82) is 0 Å². The summed E-state index contributed by atoms with van der Waals surface area (Å²) in [6.45, 7) is 6.92. The number of hydrogen-bond acceptors (Lipinski definition) is 5. The molecule has 0 aliphatic carbocycles. The molecule has 2 aromatic carbocycles. The summed E-state index contributed by atoms with van der Waals surface area (Å²) in [4.78, 5) is 29.7. The molecular formula is C27H35FN4O2S. The molecule has 0 aromatic heterocycles. The van der Waals surface area contributed by atoms with E-state index in [4.69, 9.17) is 0 Å². The minimum Gasteiger partial charge on any atom is -0.352 e. The Morgan fingerprint density at radius 3 is 2.51 bits per heavy atom. The summed E-state index contributed by atoms with van der Waals surface area (Å²) in [5.74, 6) is 2.01. The number of piperidine rings is 1. The Kier molecular flexibility index (Phi) is 9.18. The smallest absolute Gasteiger partial charge is 0.238 e. The van der Waals surface area contributed by atoms with Crippen molar-refractivity contribution in [3.63, 3.8) is 0 Å². The van der Waals surface area contributed by atoms with Crippen LogP contribution in [0.2, 0.25) is 0 Å². The predicted octanol–water partition coefficient (Wildman–Crippen LogP) is 3.65. The Hall–Kier alpha value is -2.42. The number of amides is 2. The summed E-state index contributed by atoms with van der Waals surface area (Å²) < 4.78 is 13.7. The number of carbonyl (C=O) groups excluding carboxylic acids is 2. The first-order valence-corrected chi connectivity index (χ1v) is 13.6. The molecule has 2 N–H and O–H groups in total. The first kappa shape index (κ1) is 25.7. The number of hydrogen-bond donors (Lipinski definition) is 2. The lowest BCUT2D eigenvalue weighted by molar-refractivity contribution is -0.126. The standard InChI is InChI=1S/C27H35FN4O2S/c1-20-5-6-21(16-25(20)28)17-29-27(34)23-7-9-31(10-8-23)19-26(33)30-24-4-2-3-22(15-24)18-32-11-13-35-14-12-32/h2-6,15-16,23H,7-14,17-19H2,1H3,(H,29,34)(H,30,33). The van der Waals surface area contributed by atoms with E-state index < -0.39 is 0 Å². The highest BCUT2D eigenvalue weighted by Gasteiger charge is 2.26. The summed E-state index contributed by atoms with van der Waals surface area (Å²) in [6, 6.07) is 13.1. The number of thioether (sulfide) groups is 1. The van der Waals surface area contributed by atoms with Gasteiger partial charge in [-0.2, -0.15) is 11.8 Å². The number of likely N-dealkylation sites (tertiary alicyclic amines) is 1. The Balaban J connectivity index is 1.18. The van der Waals surface area contributed by atoms with Crippen molar-refractivity contribution >= 4 is 29.3 Å². The van der Waals surface area contributed by atoms with Crippen LogP contribution in [0.15, 0.2) is 42.5 Å². The number of carbonyl (C=O) groups is 2. The van der Waals surface area contributed by atoms with E-state index in [9.17, 15) is 14.0 Å². The molecule has 2 saturated heterocycles. The van der Waals surface area contributed by atoms with Gasteiger partial charge in [-0.1, -0.05) is 24.3 Å². The lowest BCUT2D eigenvalue weighted by Crippen LogP contribution is -2.43. The number of benzene rings is 2. The van der Waals surface area contributed by atoms with E-state index in [-0.39, 0.29) is 23.5 Å². The molecule has 4 rings (SSSR count). The molecule has 2 aromatic rings. The van der Waals surface area contributed by atoms with Crippen LogP contribution in [0.3, 0.4) is 0 Å². The van der Waals surface area contributed by atoms with E-state index >= 15 is 0 Å². The summed E-state index contributed by atoms with van der Waals surface area (Å²) in [6.07, 6.45) is 1.43. The highest BCUT2D eigenvalue weighted by atomic mass is 32.2. The van der Waals surface area contributed by atoms with Gasteiger partial charge in [0, 0.05) is 49.3 Å². The number of rotatable bonds is 8. The van der Waals surface area contributed by atoms with E-state index in [1.54, 1.807) is 13.0 Å². The minimum atomic E-state index is -0.253. The van der Waals surface area contributed by atoms with Crippen molar-refractivity contribution in [2.24, 2.45) is 5.92 Å². The van der Waals surface area contributed by atoms with Crippen LogP contribution in [0.25, 0.3) is 0 Å². The maximum atomic E-state index is 13.7. The number of anilines is 1. The molecule has 2 aliphatic heterocycles. The Morgan fingerprint density at radius 1 is 1.00 bits per heavy atom. The van der Waals surface area contributed by atoms with Crippen LogP contribution in [0.4, 0.5) is 10.1 Å². The van der Waals surface area contributed by atoms with Gasteiger partial charge in [0.1, 0.15) is 5.82 Å². The average molecular weight is 499 g/mol. The van der Waals surface area contributed by atoms with E-state index in [0.29, 0.717) is 44.6 Å². The van der Waals surface area contributed by atoms with Crippen molar-refractivity contribution in [3.8, 4) is 0 Å². The largest absolute Gasteiger partial charge is 0.352 e. The summed E-state index contributed by atoms with van der Waals surface area (Å²) in [5.41, 5.74) is 3.41. The third kappa shape index (κ3) is 7.78. The van der Waals surface area contributed by atoms with E-state index in [1.165, 1.54) is 23.1 Å². The maximum absolute atomic E-state index is 13.7. The first-order valence-electron chi connectivity index (χ1n) is 12.4. The number of nitrogens with zero attached hydrogens (tertiary/aromatic N) is 2. The molecule has 0 unspecified atom stereocenters.